The van der Waals surface area contributed by atoms with Crippen LogP contribution in [0.15, 0.2) is 0 Å². The standard InChI is InChI=1S/C8H13F3N2O4/c1-13(3-2-8(9,10)11)7(17)12-4-5(14)6(15)16/h5,14H,2-4H2,1H3,(H,12,17)(H,15,16). The summed E-state index contributed by atoms with van der Waals surface area (Å²) in [5.41, 5.74) is 0. The molecule has 0 aliphatic rings. The third-order valence-electron chi connectivity index (χ3n) is 1.81. The Bertz CT molecular complexity index is 282. The predicted molar refractivity (Wildman–Crippen MR) is 50.3 cm³/mol. The molecule has 0 aromatic heterocycles. The maximum Gasteiger partial charge on any atom is 0.390 e. The Balaban J connectivity index is 3.94. The number of carboxylic acid groups (broad SMARTS) is 1. The topological polar surface area (TPSA) is 89.9 Å². The Kier molecular flexibility index (Phi) is 5.72. The van der Waals surface area contributed by atoms with Crippen molar-refractivity contribution in [3.63, 3.8) is 0 Å². The highest BCUT2D eigenvalue weighted by atomic mass is 19.4. The van der Waals surface area contributed by atoms with Crippen LogP contribution >= 0.6 is 0 Å². The second-order valence-corrected chi connectivity index (χ2v) is 3.33. The van der Waals surface area contributed by atoms with Crippen molar-refractivity contribution in [1.29, 1.82) is 0 Å². The van der Waals surface area contributed by atoms with Crippen LogP contribution in [-0.4, -0.2) is 59.5 Å². The number of rotatable bonds is 5. The fourth-order valence-electron chi connectivity index (χ4n) is 0.802. The van der Waals surface area contributed by atoms with Crippen molar-refractivity contribution in [2.75, 3.05) is 20.1 Å². The van der Waals surface area contributed by atoms with Gasteiger partial charge in [0.05, 0.1) is 13.0 Å². The summed E-state index contributed by atoms with van der Waals surface area (Å²) in [5, 5.41) is 19.1. The third kappa shape index (κ3) is 7.39. The number of nitrogens with one attached hydrogen (secondary N) is 1. The molecule has 1 unspecified atom stereocenters. The first-order valence-electron chi connectivity index (χ1n) is 4.60. The molecule has 0 bridgehead atoms. The molecule has 0 fully saturated rings. The lowest BCUT2D eigenvalue weighted by molar-refractivity contribution is -0.146. The van der Waals surface area contributed by atoms with Gasteiger partial charge >= 0.3 is 18.2 Å². The van der Waals surface area contributed by atoms with E-state index in [1.54, 1.807) is 0 Å². The van der Waals surface area contributed by atoms with Crippen molar-refractivity contribution in [2.45, 2.75) is 18.7 Å². The van der Waals surface area contributed by atoms with Crippen molar-refractivity contribution in [3.05, 3.63) is 0 Å². The maximum absolute atomic E-state index is 11.8. The molecule has 0 aromatic carbocycles. The molecule has 1 atom stereocenters. The van der Waals surface area contributed by atoms with Gasteiger partial charge in [0.1, 0.15) is 0 Å². The number of urea groups is 1. The summed E-state index contributed by atoms with van der Waals surface area (Å²) in [4.78, 5) is 22.1. The molecule has 0 saturated heterocycles. The predicted octanol–water partition coefficient (Wildman–Crippen LogP) is 0.0257. The minimum absolute atomic E-state index is 0.543. The van der Waals surface area contributed by atoms with E-state index in [9.17, 15) is 22.8 Å². The van der Waals surface area contributed by atoms with Crippen LogP contribution in [0.1, 0.15) is 6.42 Å². The molecule has 0 heterocycles. The van der Waals surface area contributed by atoms with Gasteiger partial charge in [-0.3, -0.25) is 0 Å². The Morgan fingerprint density at radius 2 is 1.94 bits per heavy atom. The van der Waals surface area contributed by atoms with Crippen LogP contribution in [0.25, 0.3) is 0 Å². The lowest BCUT2D eigenvalue weighted by Crippen LogP contribution is -2.43. The first-order valence-corrected chi connectivity index (χ1v) is 4.60. The average molecular weight is 258 g/mol. The third-order valence-corrected chi connectivity index (χ3v) is 1.81. The lowest BCUT2D eigenvalue weighted by Gasteiger charge is -2.19. The summed E-state index contributed by atoms with van der Waals surface area (Å²) in [6.07, 6.45) is -7.30. The number of carbonyl (C=O) groups is 2. The number of halogens is 3. The first kappa shape index (κ1) is 15.5. The summed E-state index contributed by atoms with van der Waals surface area (Å²) in [6, 6.07) is -0.880. The fourth-order valence-corrected chi connectivity index (χ4v) is 0.802. The van der Waals surface area contributed by atoms with Crippen LogP contribution in [0.4, 0.5) is 18.0 Å². The number of hydrogen-bond donors (Lipinski definition) is 3. The minimum Gasteiger partial charge on any atom is -0.479 e. The number of carboxylic acids is 1. The lowest BCUT2D eigenvalue weighted by atomic mass is 10.3. The normalized spacial score (nSPS) is 13.0. The minimum atomic E-state index is -4.37. The van der Waals surface area contributed by atoms with Gasteiger partial charge in [-0.25, -0.2) is 9.59 Å². The smallest absolute Gasteiger partial charge is 0.390 e. The van der Waals surface area contributed by atoms with E-state index in [2.05, 4.69) is 0 Å². The monoisotopic (exact) mass is 258 g/mol. The van der Waals surface area contributed by atoms with E-state index in [-0.39, 0.29) is 0 Å². The highest BCUT2D eigenvalue weighted by Gasteiger charge is 2.28. The molecule has 0 rings (SSSR count). The SMILES string of the molecule is CN(CCC(F)(F)F)C(=O)NCC(O)C(=O)O. The average Bonchev–Trinajstić information content (AvgIpc) is 2.20. The number of aliphatic hydroxyl groups is 1. The van der Waals surface area contributed by atoms with Gasteiger partial charge in [-0.05, 0) is 0 Å². The Labute approximate surface area is 95.0 Å². The van der Waals surface area contributed by atoms with E-state index in [1.807, 2.05) is 5.32 Å². The highest BCUT2D eigenvalue weighted by molar-refractivity contribution is 5.76. The Morgan fingerprint density at radius 1 is 1.41 bits per heavy atom. The number of aliphatic hydroxyl groups excluding tert-OH is 1. The molecule has 0 radical (unpaired) electrons. The summed E-state index contributed by atoms with van der Waals surface area (Å²) < 4.78 is 35.5. The van der Waals surface area contributed by atoms with E-state index >= 15 is 0 Å². The second-order valence-electron chi connectivity index (χ2n) is 3.33. The van der Waals surface area contributed by atoms with Gasteiger partial charge in [0, 0.05) is 13.6 Å². The van der Waals surface area contributed by atoms with E-state index in [4.69, 9.17) is 10.2 Å². The van der Waals surface area contributed by atoms with Crippen LogP contribution in [0.2, 0.25) is 0 Å². The molecule has 2 amide bonds. The molecule has 0 aromatic rings. The summed E-state index contributed by atoms with van der Waals surface area (Å²) in [7, 11) is 1.13. The Hall–Kier alpha value is -1.51. The van der Waals surface area contributed by atoms with Crippen molar-refractivity contribution in [2.24, 2.45) is 0 Å². The molecule has 0 spiro atoms. The van der Waals surface area contributed by atoms with Gasteiger partial charge in [0.2, 0.25) is 0 Å². The molecular weight excluding hydrogens is 245 g/mol. The largest absolute Gasteiger partial charge is 0.479 e. The van der Waals surface area contributed by atoms with Crippen LogP contribution in [0.3, 0.4) is 0 Å². The molecule has 17 heavy (non-hydrogen) atoms. The van der Waals surface area contributed by atoms with Gasteiger partial charge in [-0.1, -0.05) is 0 Å². The Morgan fingerprint density at radius 3 is 2.35 bits per heavy atom. The number of aliphatic carboxylic acids is 1. The summed E-state index contributed by atoms with van der Waals surface area (Å²) >= 11 is 0. The van der Waals surface area contributed by atoms with Crippen molar-refractivity contribution in [3.8, 4) is 0 Å². The van der Waals surface area contributed by atoms with E-state index in [1.165, 1.54) is 0 Å². The number of hydrogen-bond acceptors (Lipinski definition) is 3. The molecule has 6 nitrogen and oxygen atoms in total. The van der Waals surface area contributed by atoms with Crippen LogP contribution in [-0.2, 0) is 4.79 Å². The molecule has 0 aliphatic heterocycles. The molecular formula is C8H13F3N2O4. The zero-order chi connectivity index (χ0) is 13.6. The van der Waals surface area contributed by atoms with Gasteiger partial charge in [-0.2, -0.15) is 13.2 Å². The van der Waals surface area contributed by atoms with E-state index in [0.717, 1.165) is 11.9 Å². The van der Waals surface area contributed by atoms with Gasteiger partial charge in [0.25, 0.3) is 0 Å². The summed E-state index contributed by atoms with van der Waals surface area (Å²) in [5.74, 6) is -1.52. The van der Waals surface area contributed by atoms with Crippen molar-refractivity contribution in [1.82, 2.24) is 10.2 Å². The first-order chi connectivity index (χ1) is 7.63. The molecule has 9 heteroatoms. The van der Waals surface area contributed by atoms with E-state index in [0.29, 0.717) is 0 Å². The van der Waals surface area contributed by atoms with Gasteiger partial charge in [-0.15, -0.1) is 0 Å². The number of carbonyl (C=O) groups excluding carboxylic acids is 1. The van der Waals surface area contributed by atoms with Gasteiger partial charge < -0.3 is 20.4 Å². The molecule has 0 saturated carbocycles. The zero-order valence-corrected chi connectivity index (χ0v) is 8.99. The van der Waals surface area contributed by atoms with Crippen molar-refractivity contribution >= 4 is 12.0 Å². The van der Waals surface area contributed by atoms with E-state index < -0.39 is 43.8 Å². The number of alkyl halides is 3. The number of amides is 2. The molecule has 3 N–H and O–H groups in total. The fraction of sp³-hybridized carbons (Fsp3) is 0.750. The molecule has 0 aliphatic carbocycles. The van der Waals surface area contributed by atoms with Crippen molar-refractivity contribution < 1.29 is 33.0 Å². The number of nitrogens with zero attached hydrogens (tertiary/aromatic N) is 1. The van der Waals surface area contributed by atoms with Gasteiger partial charge in [0.15, 0.2) is 6.10 Å². The maximum atomic E-state index is 11.8. The second kappa shape index (κ2) is 6.28. The van der Waals surface area contributed by atoms with Crippen LogP contribution in [0.5, 0.6) is 0 Å². The highest BCUT2D eigenvalue weighted by Crippen LogP contribution is 2.19. The quantitative estimate of drug-likeness (QED) is 0.648. The summed E-state index contributed by atoms with van der Waals surface area (Å²) in [6.45, 7) is -1.11. The molecule has 100 valence electrons. The van der Waals surface area contributed by atoms with Crippen LogP contribution in [0, 0.1) is 0 Å². The van der Waals surface area contributed by atoms with Crippen LogP contribution < -0.4 is 5.32 Å². The zero-order valence-electron chi connectivity index (χ0n) is 8.99.